The lowest BCUT2D eigenvalue weighted by Gasteiger charge is -2.12. The molecule has 0 atom stereocenters. The number of carbonyl (C=O) groups is 2. The van der Waals surface area contributed by atoms with Gasteiger partial charge >= 0.3 is 0 Å². The molecular weight excluding hydrogens is 332 g/mol. The van der Waals surface area contributed by atoms with E-state index in [1.165, 1.54) is 9.36 Å². The lowest BCUT2D eigenvalue weighted by molar-refractivity contribution is 0.0966. The number of nitrogens with zero attached hydrogens (tertiary/aromatic N) is 6. The van der Waals surface area contributed by atoms with Crippen molar-refractivity contribution in [2.75, 3.05) is 0 Å². The normalized spacial score (nSPS) is 12.8. The van der Waals surface area contributed by atoms with Crippen LogP contribution >= 0.6 is 0 Å². The predicted molar refractivity (Wildman–Crippen MR) is 89.6 cm³/mol. The SMILES string of the molecule is O=C1c2nnn(-c3ccccc3)c2C(=O)c2nnn(-c3ccccc3)c21. The van der Waals surface area contributed by atoms with Gasteiger partial charge in [0.1, 0.15) is 11.4 Å². The maximum Gasteiger partial charge on any atom is 0.236 e. The molecule has 4 aromatic rings. The van der Waals surface area contributed by atoms with E-state index in [9.17, 15) is 9.59 Å². The Morgan fingerprint density at radius 2 is 0.962 bits per heavy atom. The summed E-state index contributed by atoms with van der Waals surface area (Å²) in [4.78, 5) is 26.0. The van der Waals surface area contributed by atoms with E-state index in [-0.39, 0.29) is 22.8 Å². The molecule has 0 amide bonds. The van der Waals surface area contributed by atoms with Crippen LogP contribution in [0.15, 0.2) is 60.7 Å². The molecule has 26 heavy (non-hydrogen) atoms. The van der Waals surface area contributed by atoms with Gasteiger partial charge in [-0.25, -0.2) is 9.36 Å². The average molecular weight is 342 g/mol. The second kappa shape index (κ2) is 5.28. The van der Waals surface area contributed by atoms with Crippen LogP contribution in [0.4, 0.5) is 0 Å². The van der Waals surface area contributed by atoms with Crippen molar-refractivity contribution in [1.82, 2.24) is 30.0 Å². The summed E-state index contributed by atoms with van der Waals surface area (Å²) in [5.41, 5.74) is 1.50. The number of rotatable bonds is 2. The van der Waals surface area contributed by atoms with Gasteiger partial charge in [-0.05, 0) is 24.3 Å². The Balaban J connectivity index is 1.70. The van der Waals surface area contributed by atoms with E-state index in [0.717, 1.165) is 0 Å². The van der Waals surface area contributed by atoms with Crippen LogP contribution in [0.2, 0.25) is 0 Å². The molecule has 5 rings (SSSR count). The molecule has 0 saturated heterocycles. The highest BCUT2D eigenvalue weighted by Gasteiger charge is 2.40. The first-order chi connectivity index (χ1) is 12.8. The van der Waals surface area contributed by atoms with Crippen molar-refractivity contribution in [3.63, 3.8) is 0 Å². The van der Waals surface area contributed by atoms with E-state index < -0.39 is 11.6 Å². The average Bonchev–Trinajstić information content (AvgIpc) is 3.33. The van der Waals surface area contributed by atoms with Crippen molar-refractivity contribution in [1.29, 1.82) is 0 Å². The summed E-state index contributed by atoms with van der Waals surface area (Å²) in [6.45, 7) is 0. The molecule has 2 aromatic carbocycles. The first kappa shape index (κ1) is 14.4. The minimum absolute atomic E-state index is 0.00540. The van der Waals surface area contributed by atoms with Crippen LogP contribution in [0.3, 0.4) is 0 Å². The Morgan fingerprint density at radius 3 is 1.35 bits per heavy atom. The molecule has 1 aliphatic carbocycles. The van der Waals surface area contributed by atoms with Gasteiger partial charge in [0.15, 0.2) is 11.4 Å². The maximum atomic E-state index is 13.0. The van der Waals surface area contributed by atoms with Gasteiger partial charge in [-0.3, -0.25) is 9.59 Å². The van der Waals surface area contributed by atoms with Gasteiger partial charge in [0, 0.05) is 0 Å². The smallest absolute Gasteiger partial charge is 0.236 e. The van der Waals surface area contributed by atoms with Crippen LogP contribution in [-0.2, 0) is 0 Å². The van der Waals surface area contributed by atoms with Crippen molar-refractivity contribution < 1.29 is 9.59 Å². The predicted octanol–water partition coefficient (Wildman–Crippen LogP) is 1.62. The molecule has 8 heteroatoms. The summed E-state index contributed by atoms with van der Waals surface area (Å²) in [7, 11) is 0. The van der Waals surface area contributed by atoms with Crippen molar-refractivity contribution in [2.24, 2.45) is 0 Å². The highest BCUT2D eigenvalue weighted by molar-refractivity contribution is 6.25. The van der Waals surface area contributed by atoms with Crippen LogP contribution in [0.25, 0.3) is 11.4 Å². The lowest BCUT2D eigenvalue weighted by atomic mass is 9.98. The summed E-state index contributed by atoms with van der Waals surface area (Å²) >= 11 is 0. The highest BCUT2D eigenvalue weighted by Crippen LogP contribution is 2.27. The summed E-state index contributed by atoms with van der Waals surface area (Å²) in [6.07, 6.45) is 0. The zero-order chi connectivity index (χ0) is 17.7. The maximum absolute atomic E-state index is 13.0. The monoisotopic (exact) mass is 342 g/mol. The summed E-state index contributed by atoms with van der Waals surface area (Å²) in [5, 5.41) is 15.9. The Kier molecular flexibility index (Phi) is 2.93. The summed E-state index contributed by atoms with van der Waals surface area (Å²) in [6, 6.07) is 18.1. The molecule has 0 spiro atoms. The third kappa shape index (κ3) is 1.89. The molecule has 0 N–H and O–H groups in total. The molecule has 0 bridgehead atoms. The van der Waals surface area contributed by atoms with E-state index in [4.69, 9.17) is 0 Å². The molecule has 1 aliphatic rings. The first-order valence-corrected chi connectivity index (χ1v) is 7.87. The number of hydrogen-bond acceptors (Lipinski definition) is 6. The number of ketones is 2. The third-order valence-corrected chi connectivity index (χ3v) is 4.20. The zero-order valence-electron chi connectivity index (χ0n) is 13.3. The second-order valence-corrected chi connectivity index (χ2v) is 5.73. The fourth-order valence-electron chi connectivity index (χ4n) is 3.00. The van der Waals surface area contributed by atoms with Crippen molar-refractivity contribution in [3.05, 3.63) is 83.4 Å². The molecule has 2 heterocycles. The van der Waals surface area contributed by atoms with E-state index in [1.807, 2.05) is 36.4 Å². The van der Waals surface area contributed by atoms with Crippen LogP contribution in [-0.4, -0.2) is 41.6 Å². The topological polar surface area (TPSA) is 95.6 Å². The van der Waals surface area contributed by atoms with Crippen LogP contribution < -0.4 is 0 Å². The minimum atomic E-state index is -0.425. The molecule has 0 aliphatic heterocycles. The third-order valence-electron chi connectivity index (χ3n) is 4.20. The van der Waals surface area contributed by atoms with Gasteiger partial charge in [-0.1, -0.05) is 46.8 Å². The molecule has 124 valence electrons. The molecule has 0 fully saturated rings. The molecule has 8 nitrogen and oxygen atoms in total. The quantitative estimate of drug-likeness (QED) is 0.484. The van der Waals surface area contributed by atoms with Gasteiger partial charge < -0.3 is 0 Å². The second-order valence-electron chi connectivity index (χ2n) is 5.73. The van der Waals surface area contributed by atoms with Gasteiger partial charge in [0.05, 0.1) is 11.4 Å². The summed E-state index contributed by atoms with van der Waals surface area (Å²) in [5.74, 6) is -0.851. The first-order valence-electron chi connectivity index (χ1n) is 7.87. The van der Waals surface area contributed by atoms with Crippen molar-refractivity contribution in [3.8, 4) is 11.4 Å². The van der Waals surface area contributed by atoms with Crippen LogP contribution in [0.5, 0.6) is 0 Å². The number of benzene rings is 2. The number of para-hydroxylation sites is 2. The van der Waals surface area contributed by atoms with E-state index >= 15 is 0 Å². The van der Waals surface area contributed by atoms with Crippen LogP contribution in [0, 0.1) is 0 Å². The number of hydrogen-bond donors (Lipinski definition) is 0. The number of fused-ring (bicyclic) bond motifs is 2. The summed E-state index contributed by atoms with van der Waals surface area (Å²) < 4.78 is 2.72. The number of carbonyl (C=O) groups excluding carboxylic acids is 2. The van der Waals surface area contributed by atoms with Crippen molar-refractivity contribution >= 4 is 11.6 Å². The van der Waals surface area contributed by atoms with E-state index in [1.54, 1.807) is 24.3 Å². The molecule has 0 radical (unpaired) electrons. The lowest BCUT2D eigenvalue weighted by Crippen LogP contribution is -2.25. The highest BCUT2D eigenvalue weighted by atomic mass is 16.1. The van der Waals surface area contributed by atoms with Crippen molar-refractivity contribution in [2.45, 2.75) is 0 Å². The van der Waals surface area contributed by atoms with E-state index in [2.05, 4.69) is 20.6 Å². The Morgan fingerprint density at radius 1 is 0.577 bits per heavy atom. The number of aromatic nitrogens is 6. The Hall–Kier alpha value is -3.94. The molecule has 0 unspecified atom stereocenters. The van der Waals surface area contributed by atoms with Crippen LogP contribution in [0.1, 0.15) is 32.4 Å². The van der Waals surface area contributed by atoms with Gasteiger partial charge in [0.25, 0.3) is 0 Å². The fourth-order valence-corrected chi connectivity index (χ4v) is 3.00. The standard InChI is InChI=1S/C18H10N6O2/c25-17-14-16(24(22-20-14)12-9-5-2-6-10-12)18(26)13-15(17)23(21-19-13)11-7-3-1-4-8-11/h1-10H. The minimum Gasteiger partial charge on any atom is -0.285 e. The fraction of sp³-hybridized carbons (Fsp3) is 0. The van der Waals surface area contributed by atoms with Gasteiger partial charge in [0.2, 0.25) is 11.6 Å². The molecule has 0 saturated carbocycles. The molecule has 2 aromatic heterocycles. The van der Waals surface area contributed by atoms with E-state index in [0.29, 0.717) is 11.4 Å². The Bertz CT molecular complexity index is 1070. The van der Waals surface area contributed by atoms with Gasteiger partial charge in [-0.15, -0.1) is 10.2 Å². The largest absolute Gasteiger partial charge is 0.285 e. The Labute approximate surface area is 146 Å². The molecular formula is C18H10N6O2. The zero-order valence-corrected chi connectivity index (χ0v) is 13.3. The van der Waals surface area contributed by atoms with Gasteiger partial charge in [-0.2, -0.15) is 0 Å².